The van der Waals surface area contributed by atoms with Crippen LogP contribution < -0.4 is 5.32 Å². The van der Waals surface area contributed by atoms with Gasteiger partial charge in [-0.25, -0.2) is 9.97 Å². The van der Waals surface area contributed by atoms with Gasteiger partial charge in [0.2, 0.25) is 0 Å². The molecule has 0 spiro atoms. The number of aryl methyl sites for hydroxylation is 1. The van der Waals surface area contributed by atoms with E-state index in [-0.39, 0.29) is 0 Å². The average Bonchev–Trinajstić information content (AvgIpc) is 2.50. The molecule has 70 valence electrons. The summed E-state index contributed by atoms with van der Waals surface area (Å²) in [4.78, 5) is 7.99. The van der Waals surface area contributed by atoms with Gasteiger partial charge < -0.3 is 9.88 Å². The molecule has 2 rings (SSSR count). The van der Waals surface area contributed by atoms with Crippen molar-refractivity contribution in [2.24, 2.45) is 7.05 Å². The number of nitrogens with one attached hydrogen (secondary N) is 1. The van der Waals surface area contributed by atoms with Crippen LogP contribution in [0.4, 0.5) is 0 Å². The second-order valence-corrected chi connectivity index (χ2v) is 2.73. The number of rotatable bonds is 0. The van der Waals surface area contributed by atoms with Crippen LogP contribution in [0.2, 0.25) is 0 Å². The molecule has 2 aromatic rings. The van der Waals surface area contributed by atoms with Gasteiger partial charge in [-0.2, -0.15) is 0 Å². The summed E-state index contributed by atoms with van der Waals surface area (Å²) >= 11 is 0. The quantitative estimate of drug-likeness (QED) is 0.649. The van der Waals surface area contributed by atoms with Gasteiger partial charge >= 0.3 is 0 Å². The second-order valence-electron chi connectivity index (χ2n) is 2.73. The first-order valence-electron chi connectivity index (χ1n) is 4.09. The maximum absolute atomic E-state index is 4.09. The fraction of sp³-hybridized carbons (Fsp3) is 0.333. The van der Waals surface area contributed by atoms with Crippen molar-refractivity contribution in [1.82, 2.24) is 19.9 Å². The van der Waals surface area contributed by atoms with Crippen LogP contribution in [0, 0.1) is 0 Å². The lowest BCUT2D eigenvalue weighted by atomic mass is 10.4. The van der Waals surface area contributed by atoms with Crippen molar-refractivity contribution in [1.29, 1.82) is 0 Å². The van der Waals surface area contributed by atoms with Crippen LogP contribution in [0.5, 0.6) is 0 Å². The van der Waals surface area contributed by atoms with E-state index in [4.69, 9.17) is 0 Å². The maximum atomic E-state index is 4.09. The molecule has 4 nitrogen and oxygen atoms in total. The van der Waals surface area contributed by atoms with Gasteiger partial charge in [0.05, 0.1) is 0 Å². The summed E-state index contributed by atoms with van der Waals surface area (Å²) in [6.45, 7) is 0. The standard InChI is InChI=1S/C7H7N3.C2H7N/c1-10-3-2-6-4-8-5-9-7(6)10;1-3-2/h2-5H,1H3;3H,1-2H3. The monoisotopic (exact) mass is 178 g/mol. The summed E-state index contributed by atoms with van der Waals surface area (Å²) in [5.74, 6) is 0. The van der Waals surface area contributed by atoms with Gasteiger partial charge in [-0.3, -0.25) is 0 Å². The zero-order valence-electron chi connectivity index (χ0n) is 8.15. The molecule has 0 saturated heterocycles. The van der Waals surface area contributed by atoms with Gasteiger partial charge in [0.1, 0.15) is 12.0 Å². The van der Waals surface area contributed by atoms with E-state index < -0.39 is 0 Å². The smallest absolute Gasteiger partial charge is 0.143 e. The van der Waals surface area contributed by atoms with Crippen molar-refractivity contribution in [2.45, 2.75) is 0 Å². The number of fused-ring (bicyclic) bond motifs is 1. The number of hydrogen-bond donors (Lipinski definition) is 1. The average molecular weight is 178 g/mol. The van der Waals surface area contributed by atoms with E-state index in [1.807, 2.05) is 44.2 Å². The normalized spacial score (nSPS) is 9.46. The van der Waals surface area contributed by atoms with Crippen molar-refractivity contribution in [3.05, 3.63) is 24.8 Å². The van der Waals surface area contributed by atoms with Crippen LogP contribution in [0.25, 0.3) is 11.0 Å². The highest BCUT2D eigenvalue weighted by Gasteiger charge is 1.94. The van der Waals surface area contributed by atoms with Gasteiger partial charge in [-0.05, 0) is 20.2 Å². The predicted molar refractivity (Wildman–Crippen MR) is 53.5 cm³/mol. The lowest BCUT2D eigenvalue weighted by Crippen LogP contribution is -1.89. The van der Waals surface area contributed by atoms with Crippen molar-refractivity contribution < 1.29 is 0 Å². The highest BCUT2D eigenvalue weighted by molar-refractivity contribution is 5.74. The van der Waals surface area contributed by atoms with Crippen LogP contribution in [-0.4, -0.2) is 28.6 Å². The fourth-order valence-corrected chi connectivity index (χ4v) is 1.01. The van der Waals surface area contributed by atoms with Crippen LogP contribution in [0.3, 0.4) is 0 Å². The van der Waals surface area contributed by atoms with Crippen LogP contribution >= 0.6 is 0 Å². The first-order valence-corrected chi connectivity index (χ1v) is 4.09. The zero-order valence-corrected chi connectivity index (χ0v) is 8.15. The Kier molecular flexibility index (Phi) is 3.40. The van der Waals surface area contributed by atoms with Gasteiger partial charge in [-0.15, -0.1) is 0 Å². The Labute approximate surface area is 77.6 Å². The van der Waals surface area contributed by atoms with Crippen molar-refractivity contribution in [3.63, 3.8) is 0 Å². The molecule has 2 aromatic heterocycles. The molecule has 0 bridgehead atoms. The van der Waals surface area contributed by atoms with Crippen molar-refractivity contribution >= 4 is 11.0 Å². The Morgan fingerprint density at radius 1 is 1.38 bits per heavy atom. The SMILES string of the molecule is CNC.Cn1ccc2cncnc21. The first kappa shape index (κ1) is 9.67. The van der Waals surface area contributed by atoms with E-state index in [1.54, 1.807) is 6.33 Å². The van der Waals surface area contributed by atoms with E-state index in [0.29, 0.717) is 0 Å². The molecule has 0 aliphatic rings. The molecule has 0 aliphatic heterocycles. The summed E-state index contributed by atoms with van der Waals surface area (Å²) in [6.07, 6.45) is 5.34. The zero-order chi connectivity index (χ0) is 9.68. The minimum atomic E-state index is 0.981. The van der Waals surface area contributed by atoms with Crippen LogP contribution in [0.1, 0.15) is 0 Å². The molecule has 0 unspecified atom stereocenters. The Hall–Kier alpha value is -1.42. The first-order chi connectivity index (χ1) is 6.29. The Morgan fingerprint density at radius 2 is 2.08 bits per heavy atom. The molecule has 0 radical (unpaired) electrons. The Balaban J connectivity index is 0.000000251. The molecule has 4 heteroatoms. The molecule has 0 aromatic carbocycles. The van der Waals surface area contributed by atoms with Gasteiger partial charge in [0, 0.05) is 24.8 Å². The molecule has 13 heavy (non-hydrogen) atoms. The van der Waals surface area contributed by atoms with E-state index in [0.717, 1.165) is 11.0 Å². The third kappa shape index (κ3) is 2.26. The molecule has 0 saturated carbocycles. The molecule has 0 atom stereocenters. The van der Waals surface area contributed by atoms with E-state index >= 15 is 0 Å². The lowest BCUT2D eigenvalue weighted by molar-refractivity contribution is 0.943. The minimum Gasteiger partial charge on any atom is -0.335 e. The molecular weight excluding hydrogens is 164 g/mol. The topological polar surface area (TPSA) is 42.7 Å². The summed E-state index contributed by atoms with van der Waals surface area (Å²) in [6, 6.07) is 2.00. The fourth-order valence-electron chi connectivity index (χ4n) is 1.01. The van der Waals surface area contributed by atoms with E-state index in [2.05, 4.69) is 15.3 Å². The third-order valence-corrected chi connectivity index (χ3v) is 1.53. The van der Waals surface area contributed by atoms with E-state index in [1.165, 1.54) is 0 Å². The summed E-state index contributed by atoms with van der Waals surface area (Å²) < 4.78 is 1.97. The maximum Gasteiger partial charge on any atom is 0.143 e. The highest BCUT2D eigenvalue weighted by Crippen LogP contribution is 2.07. The molecule has 0 amide bonds. The largest absolute Gasteiger partial charge is 0.335 e. The van der Waals surface area contributed by atoms with Gasteiger partial charge in [0.25, 0.3) is 0 Å². The molecule has 2 heterocycles. The lowest BCUT2D eigenvalue weighted by Gasteiger charge is -1.90. The van der Waals surface area contributed by atoms with Crippen LogP contribution in [0.15, 0.2) is 24.8 Å². The van der Waals surface area contributed by atoms with Crippen molar-refractivity contribution in [3.8, 4) is 0 Å². The van der Waals surface area contributed by atoms with Crippen LogP contribution in [-0.2, 0) is 7.05 Å². The summed E-state index contributed by atoms with van der Waals surface area (Å²) in [7, 11) is 5.72. The van der Waals surface area contributed by atoms with Crippen molar-refractivity contribution in [2.75, 3.05) is 14.1 Å². The number of aromatic nitrogens is 3. The Bertz CT molecular complexity index is 366. The minimum absolute atomic E-state index is 0.981. The highest BCUT2D eigenvalue weighted by atomic mass is 15.0. The number of nitrogens with zero attached hydrogens (tertiary/aromatic N) is 3. The van der Waals surface area contributed by atoms with Gasteiger partial charge in [0.15, 0.2) is 0 Å². The van der Waals surface area contributed by atoms with Gasteiger partial charge in [-0.1, -0.05) is 0 Å². The molecule has 0 fully saturated rings. The molecular formula is C9H14N4. The molecule has 1 N–H and O–H groups in total. The Morgan fingerprint density at radius 3 is 2.69 bits per heavy atom. The second kappa shape index (κ2) is 4.57. The molecule has 0 aliphatic carbocycles. The third-order valence-electron chi connectivity index (χ3n) is 1.53. The predicted octanol–water partition coefficient (Wildman–Crippen LogP) is 0.804. The number of hydrogen-bond acceptors (Lipinski definition) is 3. The van der Waals surface area contributed by atoms with E-state index in [9.17, 15) is 0 Å². The summed E-state index contributed by atoms with van der Waals surface area (Å²) in [5.41, 5.74) is 0.981. The summed E-state index contributed by atoms with van der Waals surface area (Å²) in [5, 5.41) is 3.84.